The van der Waals surface area contributed by atoms with Crippen molar-refractivity contribution in [1.82, 2.24) is 15.4 Å². The van der Waals surface area contributed by atoms with Gasteiger partial charge in [0.15, 0.2) is 5.96 Å². The van der Waals surface area contributed by atoms with E-state index in [-0.39, 0.29) is 6.04 Å². The van der Waals surface area contributed by atoms with Gasteiger partial charge in [0, 0.05) is 26.2 Å². The zero-order chi connectivity index (χ0) is 19.8. The van der Waals surface area contributed by atoms with Gasteiger partial charge in [-0.05, 0) is 48.9 Å². The number of benzene rings is 2. The molecule has 1 aliphatic carbocycles. The molecule has 3 rings (SSSR count). The normalized spacial score (nSPS) is 14.7. The van der Waals surface area contributed by atoms with Gasteiger partial charge in [-0.1, -0.05) is 42.5 Å². The maximum absolute atomic E-state index is 12.2. The average molecular weight is 401 g/mol. The summed E-state index contributed by atoms with van der Waals surface area (Å²) in [6.07, 6.45) is 3.90. The number of hydrogen-bond acceptors (Lipinski definition) is 3. The molecule has 0 unspecified atom stereocenters. The van der Waals surface area contributed by atoms with E-state index in [9.17, 15) is 8.42 Å². The monoisotopic (exact) mass is 400 g/mol. The Labute approximate surface area is 167 Å². The Hall–Kier alpha value is -2.38. The highest BCUT2D eigenvalue weighted by molar-refractivity contribution is 7.89. The zero-order valence-electron chi connectivity index (χ0n) is 16.2. The van der Waals surface area contributed by atoms with Gasteiger partial charge in [0.05, 0.1) is 4.90 Å². The minimum absolute atomic E-state index is 0.114. The van der Waals surface area contributed by atoms with Gasteiger partial charge in [0.2, 0.25) is 10.0 Å². The van der Waals surface area contributed by atoms with Crippen LogP contribution in [0, 0.1) is 0 Å². The van der Waals surface area contributed by atoms with Crippen LogP contribution < -0.4 is 15.4 Å². The molecule has 2 aromatic carbocycles. The minimum Gasteiger partial charge on any atom is -0.356 e. The molecule has 0 radical (unpaired) electrons. The molecule has 1 aliphatic rings. The first-order chi connectivity index (χ1) is 13.6. The minimum atomic E-state index is -3.39. The van der Waals surface area contributed by atoms with Crippen LogP contribution in [0.1, 0.15) is 30.4 Å². The Morgan fingerprint density at radius 3 is 2.36 bits per heavy atom. The van der Waals surface area contributed by atoms with Crippen LogP contribution in [0.3, 0.4) is 0 Å². The molecule has 1 fully saturated rings. The van der Waals surface area contributed by atoms with E-state index in [0.717, 1.165) is 43.8 Å². The standard InChI is InChI=1S/C21H28N4O2S/c1-22-21(23-15-5-8-17-6-3-2-4-7-17)24-16-18-9-13-20(14-10-18)28(26,27)25-19-11-12-19/h2-4,6-7,9-10,13-14,19,25H,5,8,11-12,15-16H2,1H3,(H2,22,23,24). The van der Waals surface area contributed by atoms with E-state index < -0.39 is 10.0 Å². The van der Waals surface area contributed by atoms with Crippen molar-refractivity contribution in [1.29, 1.82) is 0 Å². The van der Waals surface area contributed by atoms with Crippen LogP contribution in [0.25, 0.3) is 0 Å². The molecule has 6 nitrogen and oxygen atoms in total. The summed E-state index contributed by atoms with van der Waals surface area (Å²) in [6.45, 7) is 1.41. The number of aliphatic imine (C=N–C) groups is 1. The van der Waals surface area contributed by atoms with E-state index in [0.29, 0.717) is 11.4 Å². The highest BCUT2D eigenvalue weighted by atomic mass is 32.2. The number of hydrogen-bond donors (Lipinski definition) is 3. The zero-order valence-corrected chi connectivity index (χ0v) is 17.0. The largest absolute Gasteiger partial charge is 0.356 e. The quantitative estimate of drug-likeness (QED) is 0.343. The third-order valence-electron chi connectivity index (χ3n) is 4.59. The topological polar surface area (TPSA) is 82.6 Å². The lowest BCUT2D eigenvalue weighted by molar-refractivity contribution is 0.581. The lowest BCUT2D eigenvalue weighted by Crippen LogP contribution is -2.37. The Bertz CT molecular complexity index is 876. The summed E-state index contributed by atoms with van der Waals surface area (Å²) in [6, 6.07) is 17.5. The molecule has 0 spiro atoms. The van der Waals surface area contributed by atoms with Crippen LogP contribution in [0.4, 0.5) is 0 Å². The molecule has 150 valence electrons. The average Bonchev–Trinajstić information content (AvgIpc) is 3.52. The van der Waals surface area contributed by atoms with E-state index in [1.165, 1.54) is 5.56 Å². The van der Waals surface area contributed by atoms with Gasteiger partial charge in [-0.3, -0.25) is 4.99 Å². The van der Waals surface area contributed by atoms with Gasteiger partial charge >= 0.3 is 0 Å². The van der Waals surface area contributed by atoms with Crippen LogP contribution in [0.15, 0.2) is 64.5 Å². The molecule has 0 amide bonds. The van der Waals surface area contributed by atoms with E-state index in [1.807, 2.05) is 18.2 Å². The summed E-state index contributed by atoms with van der Waals surface area (Å²) in [5, 5.41) is 6.57. The van der Waals surface area contributed by atoms with Crippen molar-refractivity contribution in [2.24, 2.45) is 4.99 Å². The van der Waals surface area contributed by atoms with Crippen molar-refractivity contribution in [3.8, 4) is 0 Å². The van der Waals surface area contributed by atoms with Gasteiger partial charge in [-0.2, -0.15) is 0 Å². The van der Waals surface area contributed by atoms with Gasteiger partial charge in [-0.15, -0.1) is 0 Å². The third kappa shape index (κ3) is 6.35. The number of guanidine groups is 1. The summed E-state index contributed by atoms with van der Waals surface area (Å²) in [7, 11) is -1.65. The lowest BCUT2D eigenvalue weighted by Gasteiger charge is -2.12. The predicted octanol–water partition coefficient (Wildman–Crippen LogP) is 2.43. The molecule has 0 atom stereocenters. The summed E-state index contributed by atoms with van der Waals surface area (Å²) < 4.78 is 27.1. The second-order valence-electron chi connectivity index (χ2n) is 6.98. The van der Waals surface area contributed by atoms with E-state index in [4.69, 9.17) is 0 Å². The fraction of sp³-hybridized carbons (Fsp3) is 0.381. The van der Waals surface area contributed by atoms with Gasteiger partial charge in [-0.25, -0.2) is 13.1 Å². The Kier molecular flexibility index (Phi) is 7.06. The molecule has 0 aromatic heterocycles. The first kappa shape index (κ1) is 20.4. The molecular weight excluding hydrogens is 372 g/mol. The second-order valence-corrected chi connectivity index (χ2v) is 8.70. The van der Waals surface area contributed by atoms with Crippen molar-refractivity contribution < 1.29 is 8.42 Å². The lowest BCUT2D eigenvalue weighted by atomic mass is 10.1. The van der Waals surface area contributed by atoms with E-state index in [1.54, 1.807) is 19.2 Å². The first-order valence-electron chi connectivity index (χ1n) is 9.66. The van der Waals surface area contributed by atoms with Crippen LogP contribution in [0.2, 0.25) is 0 Å². The summed E-state index contributed by atoms with van der Waals surface area (Å²) in [4.78, 5) is 4.54. The smallest absolute Gasteiger partial charge is 0.240 e. The van der Waals surface area contributed by atoms with Crippen molar-refractivity contribution in [2.45, 2.75) is 43.2 Å². The highest BCUT2D eigenvalue weighted by Gasteiger charge is 2.27. The van der Waals surface area contributed by atoms with Crippen LogP contribution >= 0.6 is 0 Å². The second kappa shape index (κ2) is 9.71. The maximum atomic E-state index is 12.2. The van der Waals surface area contributed by atoms with Crippen molar-refractivity contribution in [2.75, 3.05) is 13.6 Å². The van der Waals surface area contributed by atoms with Crippen molar-refractivity contribution in [3.63, 3.8) is 0 Å². The molecule has 0 heterocycles. The van der Waals surface area contributed by atoms with Crippen LogP contribution in [-0.4, -0.2) is 34.0 Å². The number of aryl methyl sites for hydroxylation is 1. The molecule has 0 bridgehead atoms. The van der Waals surface area contributed by atoms with E-state index >= 15 is 0 Å². The molecule has 0 aliphatic heterocycles. The molecule has 7 heteroatoms. The van der Waals surface area contributed by atoms with Crippen molar-refractivity contribution in [3.05, 3.63) is 65.7 Å². The van der Waals surface area contributed by atoms with E-state index in [2.05, 4.69) is 44.6 Å². The summed E-state index contributed by atoms with van der Waals surface area (Å²) in [5.41, 5.74) is 2.33. The van der Waals surface area contributed by atoms with Crippen LogP contribution in [0.5, 0.6) is 0 Å². The fourth-order valence-corrected chi connectivity index (χ4v) is 4.13. The predicted molar refractivity (Wildman–Crippen MR) is 113 cm³/mol. The molecule has 2 aromatic rings. The maximum Gasteiger partial charge on any atom is 0.240 e. The molecular formula is C21H28N4O2S. The Morgan fingerprint density at radius 2 is 1.71 bits per heavy atom. The van der Waals surface area contributed by atoms with Gasteiger partial charge in [0.1, 0.15) is 0 Å². The highest BCUT2D eigenvalue weighted by Crippen LogP contribution is 2.22. The number of rotatable bonds is 9. The molecule has 28 heavy (non-hydrogen) atoms. The number of sulfonamides is 1. The molecule has 3 N–H and O–H groups in total. The van der Waals surface area contributed by atoms with Crippen LogP contribution in [-0.2, 0) is 23.0 Å². The Morgan fingerprint density at radius 1 is 1.00 bits per heavy atom. The van der Waals surface area contributed by atoms with Crippen molar-refractivity contribution >= 4 is 16.0 Å². The van der Waals surface area contributed by atoms with Gasteiger partial charge in [0.25, 0.3) is 0 Å². The molecule has 0 saturated heterocycles. The third-order valence-corrected chi connectivity index (χ3v) is 6.13. The van der Waals surface area contributed by atoms with Gasteiger partial charge < -0.3 is 10.6 Å². The number of nitrogens with one attached hydrogen (secondary N) is 3. The first-order valence-corrected chi connectivity index (χ1v) is 11.1. The Balaban J connectivity index is 1.41. The summed E-state index contributed by atoms with van der Waals surface area (Å²) in [5.74, 6) is 0.736. The molecule has 1 saturated carbocycles. The summed E-state index contributed by atoms with van der Waals surface area (Å²) >= 11 is 0. The fourth-order valence-electron chi connectivity index (χ4n) is 2.83. The SMILES string of the molecule is CN=C(NCCCc1ccccc1)NCc1ccc(S(=O)(=O)NC2CC2)cc1. The number of nitrogens with zero attached hydrogens (tertiary/aromatic N) is 1.